The lowest BCUT2D eigenvalue weighted by atomic mass is 9.97. The van der Waals surface area contributed by atoms with Gasteiger partial charge in [0, 0.05) is 25.1 Å². The number of phosphoric acid groups is 2. The number of aliphatic hydroxyl groups is 3. The van der Waals surface area contributed by atoms with Crippen molar-refractivity contribution in [3.05, 3.63) is 32.6 Å². The van der Waals surface area contributed by atoms with Crippen molar-refractivity contribution in [2.45, 2.75) is 76.3 Å². The molecular weight excluding hydrogens is 560 g/mol. The van der Waals surface area contributed by atoms with Crippen molar-refractivity contribution in [2.24, 2.45) is 0 Å². The van der Waals surface area contributed by atoms with E-state index in [1.807, 2.05) is 0 Å². The summed E-state index contributed by atoms with van der Waals surface area (Å²) in [5, 5.41) is 32.7. The molecule has 2 saturated heterocycles. The van der Waals surface area contributed by atoms with Gasteiger partial charge in [-0.25, -0.2) is 9.11 Å². The van der Waals surface area contributed by atoms with Crippen LogP contribution < -0.4 is 26.4 Å². The predicted molar refractivity (Wildman–Crippen MR) is 118 cm³/mol. The van der Waals surface area contributed by atoms with E-state index in [0.29, 0.717) is 0 Å². The number of amides is 1. The monoisotopic (exact) mass is 587 g/mol. The minimum absolute atomic E-state index is 0.172. The van der Waals surface area contributed by atoms with Crippen molar-refractivity contribution in [2.75, 3.05) is 6.61 Å². The standard InChI is InChI=1S/C18H29N3O15P2/c1-7-5-21(18(27)20-16(7)26)12-4-10(23)11(34-12)6-32-37(28,29)36-38(30,31)35-17-15(25)13(19-9(3)22)14(24)8(2)33-17/h5,8,10-15,17,23-25H,4,6H2,1-3H3,(H,19,22)(H,28,29)(H,30,31)(H,20,26,27)/p-2/t8-,10+,11-,12-,13+,14+,15-,17-/m1/s1. The van der Waals surface area contributed by atoms with E-state index in [9.17, 15) is 48.6 Å². The van der Waals surface area contributed by atoms with Gasteiger partial charge in [-0.1, -0.05) is 0 Å². The van der Waals surface area contributed by atoms with Crippen molar-refractivity contribution in [1.82, 2.24) is 14.9 Å². The van der Waals surface area contributed by atoms with Gasteiger partial charge in [-0.2, -0.15) is 0 Å². The van der Waals surface area contributed by atoms with Crippen LogP contribution in [0.1, 0.15) is 32.1 Å². The maximum absolute atomic E-state index is 12.2. The molecule has 1 aromatic rings. The largest absolute Gasteiger partial charge is 0.756 e. The zero-order valence-electron chi connectivity index (χ0n) is 20.2. The van der Waals surface area contributed by atoms with Gasteiger partial charge in [0.25, 0.3) is 21.2 Å². The molecule has 10 atom stereocenters. The van der Waals surface area contributed by atoms with Crippen molar-refractivity contribution in [3.8, 4) is 0 Å². The van der Waals surface area contributed by atoms with Crippen molar-refractivity contribution >= 4 is 21.6 Å². The number of nitrogens with one attached hydrogen (secondary N) is 2. The van der Waals surface area contributed by atoms with Crippen LogP contribution in [0.5, 0.6) is 0 Å². The fourth-order valence-corrected chi connectivity index (χ4v) is 5.90. The highest BCUT2D eigenvalue weighted by atomic mass is 31.3. The highest BCUT2D eigenvalue weighted by Crippen LogP contribution is 2.57. The average molecular weight is 587 g/mol. The topological polar surface area (TPSA) is 271 Å². The Morgan fingerprint density at radius 2 is 1.87 bits per heavy atom. The molecule has 2 aliphatic heterocycles. The number of nitrogens with zero attached hydrogens (tertiary/aromatic N) is 1. The van der Waals surface area contributed by atoms with Crippen LogP contribution >= 0.6 is 15.6 Å². The lowest BCUT2D eigenvalue weighted by Gasteiger charge is -2.43. The summed E-state index contributed by atoms with van der Waals surface area (Å²) in [6.45, 7) is 2.86. The Kier molecular flexibility index (Phi) is 9.51. The summed E-state index contributed by atoms with van der Waals surface area (Å²) in [7, 11) is -11.5. The number of aliphatic hydroxyl groups excluding tert-OH is 3. The molecule has 0 bridgehead atoms. The average Bonchev–Trinajstić information content (AvgIpc) is 3.15. The summed E-state index contributed by atoms with van der Waals surface area (Å²) in [6.07, 6.45) is -9.40. The first-order chi connectivity index (χ1) is 17.5. The molecule has 0 saturated carbocycles. The van der Waals surface area contributed by atoms with E-state index in [1.54, 1.807) is 0 Å². The molecule has 18 nitrogen and oxygen atoms in total. The van der Waals surface area contributed by atoms with E-state index in [1.165, 1.54) is 20.0 Å². The summed E-state index contributed by atoms with van der Waals surface area (Å²) in [6, 6.07) is -1.41. The molecule has 216 valence electrons. The van der Waals surface area contributed by atoms with Gasteiger partial charge < -0.3 is 44.4 Å². The summed E-state index contributed by atoms with van der Waals surface area (Å²) < 4.78 is 48.8. The molecule has 2 aliphatic rings. The Morgan fingerprint density at radius 3 is 2.50 bits per heavy atom. The third-order valence-electron chi connectivity index (χ3n) is 5.70. The lowest BCUT2D eigenvalue weighted by molar-refractivity contribution is -0.285. The normalized spacial score (nSPS) is 34.8. The Balaban J connectivity index is 1.60. The zero-order valence-corrected chi connectivity index (χ0v) is 22.0. The summed E-state index contributed by atoms with van der Waals surface area (Å²) in [5.74, 6) is -0.668. The smallest absolute Gasteiger partial charge is 0.330 e. The Hall–Kier alpha value is -1.79. The van der Waals surface area contributed by atoms with Crippen LogP contribution in [-0.4, -0.2) is 80.2 Å². The highest BCUT2D eigenvalue weighted by Gasteiger charge is 2.45. The van der Waals surface area contributed by atoms with Gasteiger partial charge in [0.2, 0.25) is 5.91 Å². The first kappa shape index (κ1) is 30.7. The second-order valence-electron chi connectivity index (χ2n) is 8.71. The van der Waals surface area contributed by atoms with Gasteiger partial charge in [-0.3, -0.25) is 32.8 Å². The quantitative estimate of drug-likeness (QED) is 0.175. The third-order valence-corrected chi connectivity index (χ3v) is 8.24. The van der Waals surface area contributed by atoms with E-state index >= 15 is 0 Å². The first-order valence-corrected chi connectivity index (χ1v) is 14.0. The summed E-state index contributed by atoms with van der Waals surface area (Å²) in [4.78, 5) is 61.3. The van der Waals surface area contributed by atoms with Crippen LogP contribution in [0.15, 0.2) is 15.8 Å². The van der Waals surface area contributed by atoms with Crippen LogP contribution in [0.4, 0.5) is 0 Å². The van der Waals surface area contributed by atoms with Crippen molar-refractivity contribution < 1.29 is 61.9 Å². The van der Waals surface area contributed by atoms with E-state index in [4.69, 9.17) is 9.47 Å². The maximum atomic E-state index is 12.2. The number of rotatable bonds is 9. The third kappa shape index (κ3) is 7.44. The molecule has 38 heavy (non-hydrogen) atoms. The van der Waals surface area contributed by atoms with E-state index in [2.05, 4.69) is 23.7 Å². The van der Waals surface area contributed by atoms with Crippen LogP contribution in [0.25, 0.3) is 0 Å². The second kappa shape index (κ2) is 11.8. The number of hydrogen-bond acceptors (Lipinski definition) is 15. The molecule has 0 aromatic carbocycles. The Morgan fingerprint density at radius 1 is 1.21 bits per heavy atom. The first-order valence-electron chi connectivity index (χ1n) is 11.1. The molecule has 3 heterocycles. The molecule has 0 spiro atoms. The van der Waals surface area contributed by atoms with E-state index in [0.717, 1.165) is 11.5 Å². The van der Waals surface area contributed by atoms with Crippen LogP contribution in [-0.2, 0) is 36.8 Å². The number of H-pyrrole nitrogens is 1. The molecule has 1 aromatic heterocycles. The molecule has 20 heteroatoms. The Labute approximate surface area is 214 Å². The molecule has 5 N–H and O–H groups in total. The number of aryl methyl sites for hydroxylation is 1. The van der Waals surface area contributed by atoms with Gasteiger partial charge >= 0.3 is 5.69 Å². The van der Waals surface area contributed by atoms with Gasteiger partial charge in [0.05, 0.1) is 24.9 Å². The van der Waals surface area contributed by atoms with E-state index < -0.39 is 88.5 Å². The second-order valence-corrected chi connectivity index (χ2v) is 11.6. The summed E-state index contributed by atoms with van der Waals surface area (Å²) >= 11 is 0. The molecule has 2 unspecified atom stereocenters. The van der Waals surface area contributed by atoms with Crippen LogP contribution in [0.3, 0.4) is 0 Å². The molecule has 0 aliphatic carbocycles. The lowest BCUT2D eigenvalue weighted by Crippen LogP contribution is -2.63. The highest BCUT2D eigenvalue weighted by molar-refractivity contribution is 7.59. The maximum Gasteiger partial charge on any atom is 0.330 e. The number of aromatic amines is 1. The molecule has 3 rings (SSSR count). The van der Waals surface area contributed by atoms with Crippen LogP contribution in [0, 0.1) is 6.92 Å². The molecule has 1 amide bonds. The van der Waals surface area contributed by atoms with Crippen molar-refractivity contribution in [3.63, 3.8) is 0 Å². The van der Waals surface area contributed by atoms with Gasteiger partial charge in [-0.05, 0) is 13.8 Å². The van der Waals surface area contributed by atoms with E-state index in [-0.39, 0.29) is 12.0 Å². The zero-order chi connectivity index (χ0) is 28.6. The number of carbonyl (C=O) groups excluding carboxylic acids is 1. The molecular formula is C18H27N3O15P2-2. The number of carbonyl (C=O) groups is 1. The predicted octanol–water partition coefficient (Wildman–Crippen LogP) is -3.55. The van der Waals surface area contributed by atoms with Gasteiger partial charge in [-0.15, -0.1) is 0 Å². The fourth-order valence-electron chi connectivity index (χ4n) is 3.82. The van der Waals surface area contributed by atoms with Gasteiger partial charge in [0.15, 0.2) is 6.29 Å². The van der Waals surface area contributed by atoms with Gasteiger partial charge in [0.1, 0.15) is 24.5 Å². The number of phosphoric ester groups is 2. The number of hydrogen-bond donors (Lipinski definition) is 5. The molecule has 2 fully saturated rings. The molecule has 0 radical (unpaired) electrons. The fraction of sp³-hybridized carbons (Fsp3) is 0.722. The number of aromatic nitrogens is 2. The minimum atomic E-state index is -5.79. The van der Waals surface area contributed by atoms with Crippen LogP contribution in [0.2, 0.25) is 0 Å². The SMILES string of the molecule is CC(=O)N[C@H]1[C@@H](O)[C@@H](C)O[C@H](OP(=O)([O-])OP(=O)([O-])OC[C@H]2O[C@@H](n3cc(C)c(=O)[nH]c3=O)C[C@@H]2O)[C@@H]1O. The minimum Gasteiger partial charge on any atom is -0.756 e. The van der Waals surface area contributed by atoms with Crippen molar-refractivity contribution in [1.29, 1.82) is 0 Å². The number of ether oxygens (including phenoxy) is 2. The Bertz CT molecular complexity index is 1240. The summed E-state index contributed by atoms with van der Waals surface area (Å²) in [5.41, 5.74) is -1.29.